The van der Waals surface area contributed by atoms with Gasteiger partial charge >= 0.3 is 0 Å². The lowest BCUT2D eigenvalue weighted by Crippen LogP contribution is -2.03. The van der Waals surface area contributed by atoms with Gasteiger partial charge in [-0.05, 0) is 35.9 Å². The van der Waals surface area contributed by atoms with E-state index >= 15 is 0 Å². The van der Waals surface area contributed by atoms with Crippen LogP contribution in [0.15, 0.2) is 53.3 Å². The summed E-state index contributed by atoms with van der Waals surface area (Å²) in [5, 5.41) is 10.4. The standard InChI is InChI=1S/C16H15BrN2O2/c1-21-12-5-6-13(17)11(8-12)9-15(20)14-10-19-7-3-2-4-16(19)18-14/h2-8,10,15,20H,9H2,1H3. The normalized spacial score (nSPS) is 12.5. The van der Waals surface area contributed by atoms with Crippen LogP contribution in [0.5, 0.6) is 5.75 Å². The maximum absolute atomic E-state index is 10.4. The molecule has 1 unspecified atom stereocenters. The summed E-state index contributed by atoms with van der Waals surface area (Å²) in [5.41, 5.74) is 2.48. The van der Waals surface area contributed by atoms with Gasteiger partial charge in [-0.2, -0.15) is 0 Å². The molecule has 3 aromatic rings. The fourth-order valence-corrected chi connectivity index (χ4v) is 2.67. The zero-order valence-electron chi connectivity index (χ0n) is 11.5. The van der Waals surface area contributed by atoms with Crippen molar-refractivity contribution in [3.05, 3.63) is 64.5 Å². The number of hydrogen-bond donors (Lipinski definition) is 1. The molecule has 5 heteroatoms. The Morgan fingerprint density at radius 3 is 2.95 bits per heavy atom. The van der Waals surface area contributed by atoms with Crippen molar-refractivity contribution >= 4 is 21.6 Å². The summed E-state index contributed by atoms with van der Waals surface area (Å²) in [6.07, 6.45) is 3.59. The zero-order valence-corrected chi connectivity index (χ0v) is 13.1. The number of fused-ring (bicyclic) bond motifs is 1. The molecule has 0 spiro atoms. The predicted octanol–water partition coefficient (Wildman–Crippen LogP) is 3.38. The van der Waals surface area contributed by atoms with Crippen molar-refractivity contribution in [3.8, 4) is 5.75 Å². The Balaban J connectivity index is 1.87. The predicted molar refractivity (Wildman–Crippen MR) is 84.5 cm³/mol. The van der Waals surface area contributed by atoms with Crippen molar-refractivity contribution in [2.24, 2.45) is 0 Å². The average molecular weight is 347 g/mol. The molecule has 1 aromatic carbocycles. The SMILES string of the molecule is COc1ccc(Br)c(CC(O)c2cn3ccccc3n2)c1. The lowest BCUT2D eigenvalue weighted by Gasteiger charge is -2.11. The summed E-state index contributed by atoms with van der Waals surface area (Å²) < 4.78 is 8.08. The topological polar surface area (TPSA) is 46.8 Å². The number of pyridine rings is 1. The number of rotatable bonds is 4. The quantitative estimate of drug-likeness (QED) is 0.787. The molecule has 0 amide bonds. The number of aliphatic hydroxyl groups excluding tert-OH is 1. The average Bonchev–Trinajstić information content (AvgIpc) is 2.93. The van der Waals surface area contributed by atoms with Gasteiger partial charge in [0, 0.05) is 23.3 Å². The fraction of sp³-hybridized carbons (Fsp3) is 0.188. The molecule has 0 aliphatic heterocycles. The molecule has 0 aliphatic rings. The monoisotopic (exact) mass is 346 g/mol. The van der Waals surface area contributed by atoms with Crippen LogP contribution in [0.3, 0.4) is 0 Å². The summed E-state index contributed by atoms with van der Waals surface area (Å²) in [4.78, 5) is 4.45. The van der Waals surface area contributed by atoms with Gasteiger partial charge in [-0.1, -0.05) is 22.0 Å². The summed E-state index contributed by atoms with van der Waals surface area (Å²) >= 11 is 3.50. The maximum atomic E-state index is 10.4. The summed E-state index contributed by atoms with van der Waals surface area (Å²) in [5.74, 6) is 0.774. The second-order valence-corrected chi connectivity index (χ2v) is 5.66. The van der Waals surface area contributed by atoms with Crippen LogP contribution in [0, 0.1) is 0 Å². The Labute approximate surface area is 131 Å². The van der Waals surface area contributed by atoms with Crippen molar-refractivity contribution in [3.63, 3.8) is 0 Å². The van der Waals surface area contributed by atoms with Crippen LogP contribution in [0.25, 0.3) is 5.65 Å². The number of hydrogen-bond acceptors (Lipinski definition) is 3. The molecular formula is C16H15BrN2O2. The van der Waals surface area contributed by atoms with Crippen LogP contribution in [-0.4, -0.2) is 21.6 Å². The molecule has 0 bridgehead atoms. The smallest absolute Gasteiger partial charge is 0.137 e. The maximum Gasteiger partial charge on any atom is 0.137 e. The first-order valence-electron chi connectivity index (χ1n) is 6.61. The number of aromatic nitrogens is 2. The van der Waals surface area contributed by atoms with Gasteiger partial charge in [-0.25, -0.2) is 4.98 Å². The molecule has 4 nitrogen and oxygen atoms in total. The second-order valence-electron chi connectivity index (χ2n) is 4.81. The summed E-state index contributed by atoms with van der Waals surface area (Å²) in [6, 6.07) is 11.5. The van der Waals surface area contributed by atoms with Crippen molar-refractivity contribution in [1.82, 2.24) is 9.38 Å². The van der Waals surface area contributed by atoms with Gasteiger partial charge in [0.2, 0.25) is 0 Å². The number of nitrogens with zero attached hydrogens (tertiary/aromatic N) is 2. The van der Waals surface area contributed by atoms with Crippen LogP contribution in [-0.2, 0) is 6.42 Å². The van der Waals surface area contributed by atoms with Crippen LogP contribution < -0.4 is 4.74 Å². The first-order valence-corrected chi connectivity index (χ1v) is 7.41. The van der Waals surface area contributed by atoms with Gasteiger partial charge in [0.15, 0.2) is 0 Å². The van der Waals surface area contributed by atoms with Crippen molar-refractivity contribution in [2.75, 3.05) is 7.11 Å². The molecule has 3 rings (SSSR count). The zero-order chi connectivity index (χ0) is 14.8. The molecule has 2 heterocycles. The Morgan fingerprint density at radius 2 is 2.19 bits per heavy atom. The largest absolute Gasteiger partial charge is 0.497 e. The van der Waals surface area contributed by atoms with Gasteiger partial charge < -0.3 is 14.2 Å². The number of ether oxygens (including phenoxy) is 1. The molecule has 2 aromatic heterocycles. The van der Waals surface area contributed by atoms with Crippen LogP contribution in [0.1, 0.15) is 17.4 Å². The van der Waals surface area contributed by atoms with Crippen LogP contribution in [0.4, 0.5) is 0 Å². The van der Waals surface area contributed by atoms with Gasteiger partial charge in [0.1, 0.15) is 17.5 Å². The third-order valence-electron chi connectivity index (χ3n) is 3.39. The number of benzene rings is 1. The third-order valence-corrected chi connectivity index (χ3v) is 4.16. The lowest BCUT2D eigenvalue weighted by molar-refractivity contribution is 0.174. The van der Waals surface area contributed by atoms with Gasteiger partial charge in [0.25, 0.3) is 0 Å². The summed E-state index contributed by atoms with van der Waals surface area (Å²) in [6.45, 7) is 0. The molecule has 0 aliphatic carbocycles. The van der Waals surface area contributed by atoms with E-state index in [0.29, 0.717) is 12.1 Å². The van der Waals surface area contributed by atoms with E-state index in [0.717, 1.165) is 21.4 Å². The molecule has 0 saturated heterocycles. The lowest BCUT2D eigenvalue weighted by atomic mass is 10.1. The minimum Gasteiger partial charge on any atom is -0.497 e. The highest BCUT2D eigenvalue weighted by Crippen LogP contribution is 2.27. The van der Waals surface area contributed by atoms with E-state index in [9.17, 15) is 5.11 Å². The second kappa shape index (κ2) is 5.87. The first kappa shape index (κ1) is 14.1. The molecule has 21 heavy (non-hydrogen) atoms. The van der Waals surface area contributed by atoms with Crippen LogP contribution >= 0.6 is 15.9 Å². The van der Waals surface area contributed by atoms with Gasteiger partial charge in [0.05, 0.1) is 12.8 Å². The number of methoxy groups -OCH3 is 1. The molecular weight excluding hydrogens is 332 g/mol. The van der Waals surface area contributed by atoms with E-state index < -0.39 is 6.10 Å². The van der Waals surface area contributed by atoms with E-state index in [1.165, 1.54) is 0 Å². The highest BCUT2D eigenvalue weighted by molar-refractivity contribution is 9.10. The van der Waals surface area contributed by atoms with Crippen molar-refractivity contribution < 1.29 is 9.84 Å². The highest BCUT2D eigenvalue weighted by Gasteiger charge is 2.15. The van der Waals surface area contributed by atoms with Crippen molar-refractivity contribution in [1.29, 1.82) is 0 Å². The van der Waals surface area contributed by atoms with E-state index in [-0.39, 0.29) is 0 Å². The molecule has 0 fully saturated rings. The van der Waals surface area contributed by atoms with Gasteiger partial charge in [-0.15, -0.1) is 0 Å². The van der Waals surface area contributed by atoms with E-state index in [1.54, 1.807) is 7.11 Å². The minimum atomic E-state index is -0.659. The number of halogens is 1. The van der Waals surface area contributed by atoms with Crippen LogP contribution in [0.2, 0.25) is 0 Å². The van der Waals surface area contributed by atoms with E-state index in [4.69, 9.17) is 4.74 Å². The highest BCUT2D eigenvalue weighted by atomic mass is 79.9. The molecule has 108 valence electrons. The van der Waals surface area contributed by atoms with E-state index in [2.05, 4.69) is 20.9 Å². The molecule has 1 N–H and O–H groups in total. The van der Waals surface area contributed by atoms with Gasteiger partial charge in [-0.3, -0.25) is 0 Å². The Hall–Kier alpha value is -1.85. The molecule has 0 radical (unpaired) electrons. The molecule has 0 saturated carbocycles. The number of aliphatic hydroxyl groups is 1. The minimum absolute atomic E-state index is 0.474. The first-order chi connectivity index (χ1) is 10.2. The van der Waals surface area contributed by atoms with Crippen molar-refractivity contribution in [2.45, 2.75) is 12.5 Å². The third kappa shape index (κ3) is 2.94. The Bertz CT molecular complexity index is 737. The Kier molecular flexibility index (Phi) is 3.94. The number of imidazole rings is 1. The Morgan fingerprint density at radius 1 is 1.33 bits per heavy atom. The summed E-state index contributed by atoms with van der Waals surface area (Å²) in [7, 11) is 1.63. The fourth-order valence-electron chi connectivity index (χ4n) is 2.26. The van der Waals surface area contributed by atoms with E-state index in [1.807, 2.05) is 53.2 Å². The molecule has 1 atom stereocenters.